The van der Waals surface area contributed by atoms with Gasteiger partial charge in [-0.1, -0.05) is 6.07 Å². The highest BCUT2D eigenvalue weighted by atomic mass is 32.2. The molecule has 0 saturated carbocycles. The molecule has 0 aliphatic rings. The second-order valence-corrected chi connectivity index (χ2v) is 5.63. The Bertz CT molecular complexity index is 610. The third kappa shape index (κ3) is 4.04. The summed E-state index contributed by atoms with van der Waals surface area (Å²) in [5.41, 5.74) is 5.19. The minimum Gasteiger partial charge on any atom is -0.478 e. The first-order valence-corrected chi connectivity index (χ1v) is 6.84. The molecule has 7 nitrogen and oxygen atoms in total. The summed E-state index contributed by atoms with van der Waals surface area (Å²) in [6, 6.07) is 3.80. The van der Waals surface area contributed by atoms with Crippen molar-refractivity contribution >= 4 is 21.9 Å². The van der Waals surface area contributed by atoms with Crippen LogP contribution in [0.25, 0.3) is 0 Å². The largest absolute Gasteiger partial charge is 0.478 e. The van der Waals surface area contributed by atoms with E-state index in [1.54, 1.807) is 6.92 Å². The molecule has 0 aliphatic heterocycles. The molecular weight excluding hydrogens is 272 g/mol. The van der Waals surface area contributed by atoms with Crippen LogP contribution in [-0.2, 0) is 14.8 Å². The van der Waals surface area contributed by atoms with Crippen molar-refractivity contribution in [3.05, 3.63) is 29.3 Å². The molecule has 8 heteroatoms. The van der Waals surface area contributed by atoms with E-state index in [9.17, 15) is 18.0 Å². The van der Waals surface area contributed by atoms with Gasteiger partial charge in [0.15, 0.2) is 0 Å². The highest BCUT2D eigenvalue weighted by Crippen LogP contribution is 2.17. The zero-order chi connectivity index (χ0) is 14.6. The van der Waals surface area contributed by atoms with E-state index in [1.165, 1.54) is 12.1 Å². The van der Waals surface area contributed by atoms with Crippen LogP contribution in [0, 0.1) is 6.92 Å². The maximum absolute atomic E-state index is 12.0. The molecule has 4 N–H and O–H groups in total. The molecule has 0 saturated heterocycles. The zero-order valence-corrected chi connectivity index (χ0v) is 11.0. The molecule has 0 bridgehead atoms. The van der Waals surface area contributed by atoms with Crippen LogP contribution in [0.4, 0.5) is 0 Å². The molecule has 19 heavy (non-hydrogen) atoms. The first kappa shape index (κ1) is 15.1. The second-order valence-electron chi connectivity index (χ2n) is 3.90. The number of amides is 1. The van der Waals surface area contributed by atoms with Crippen LogP contribution in [0.15, 0.2) is 23.1 Å². The van der Waals surface area contributed by atoms with Crippen molar-refractivity contribution in [3.63, 3.8) is 0 Å². The number of carboxylic acids is 1. The summed E-state index contributed by atoms with van der Waals surface area (Å²) in [6.45, 7) is 1.42. The first-order chi connectivity index (χ1) is 8.74. The van der Waals surface area contributed by atoms with Crippen LogP contribution in [0.2, 0.25) is 0 Å². The topological polar surface area (TPSA) is 127 Å². The number of nitrogens with two attached hydrogens (primary N) is 1. The standard InChI is InChI=1S/C11H14N2O5S/c1-7-2-3-8(11(15)16)6-9(7)19(17,18)13-5-4-10(12)14/h2-3,6,13H,4-5H2,1H3,(H2,12,14)(H,15,16). The summed E-state index contributed by atoms with van der Waals surface area (Å²) >= 11 is 0. The Hall–Kier alpha value is -1.93. The number of carbonyl (C=O) groups excluding carboxylic acids is 1. The van der Waals surface area contributed by atoms with Crippen molar-refractivity contribution in [2.45, 2.75) is 18.2 Å². The van der Waals surface area contributed by atoms with Crippen LogP contribution < -0.4 is 10.5 Å². The number of primary amides is 1. The summed E-state index contributed by atoms with van der Waals surface area (Å²) in [5, 5.41) is 8.84. The molecule has 0 aromatic heterocycles. The lowest BCUT2D eigenvalue weighted by molar-refractivity contribution is -0.117. The summed E-state index contributed by atoms with van der Waals surface area (Å²) in [4.78, 5) is 21.2. The SMILES string of the molecule is Cc1ccc(C(=O)O)cc1S(=O)(=O)NCCC(N)=O. The van der Waals surface area contributed by atoms with E-state index in [4.69, 9.17) is 10.8 Å². The molecule has 0 atom stereocenters. The molecule has 104 valence electrons. The van der Waals surface area contributed by atoms with E-state index in [0.29, 0.717) is 5.56 Å². The normalized spacial score (nSPS) is 11.2. The van der Waals surface area contributed by atoms with Crippen molar-refractivity contribution in [2.75, 3.05) is 6.54 Å². The number of carbonyl (C=O) groups is 2. The van der Waals surface area contributed by atoms with E-state index in [0.717, 1.165) is 6.07 Å². The van der Waals surface area contributed by atoms with E-state index < -0.39 is 21.9 Å². The number of aryl methyl sites for hydroxylation is 1. The lowest BCUT2D eigenvalue weighted by atomic mass is 10.1. The fraction of sp³-hybridized carbons (Fsp3) is 0.273. The van der Waals surface area contributed by atoms with Gasteiger partial charge in [0.1, 0.15) is 0 Å². The van der Waals surface area contributed by atoms with Gasteiger partial charge < -0.3 is 10.8 Å². The van der Waals surface area contributed by atoms with Gasteiger partial charge in [-0.25, -0.2) is 17.9 Å². The third-order valence-corrected chi connectivity index (χ3v) is 3.99. The van der Waals surface area contributed by atoms with Gasteiger partial charge in [-0.2, -0.15) is 0 Å². The van der Waals surface area contributed by atoms with E-state index in [1.807, 2.05) is 0 Å². The highest BCUT2D eigenvalue weighted by molar-refractivity contribution is 7.89. The Morgan fingerprint density at radius 1 is 1.37 bits per heavy atom. The lowest BCUT2D eigenvalue weighted by Gasteiger charge is -2.09. The van der Waals surface area contributed by atoms with E-state index >= 15 is 0 Å². The fourth-order valence-electron chi connectivity index (χ4n) is 1.41. The minimum absolute atomic E-state index is 0.124. The zero-order valence-electron chi connectivity index (χ0n) is 10.2. The summed E-state index contributed by atoms with van der Waals surface area (Å²) in [6.07, 6.45) is -0.128. The summed E-state index contributed by atoms with van der Waals surface area (Å²) < 4.78 is 26.1. The number of carboxylic acid groups (broad SMARTS) is 1. The molecular formula is C11H14N2O5S. The van der Waals surface area contributed by atoms with Gasteiger partial charge in [0.05, 0.1) is 10.5 Å². The Labute approximate surface area is 110 Å². The minimum atomic E-state index is -3.86. The predicted octanol–water partition coefficient (Wildman–Crippen LogP) is -0.153. The highest BCUT2D eigenvalue weighted by Gasteiger charge is 2.18. The quantitative estimate of drug-likeness (QED) is 0.670. The number of hydrogen-bond acceptors (Lipinski definition) is 4. The van der Waals surface area contributed by atoms with Gasteiger partial charge in [0.25, 0.3) is 0 Å². The molecule has 0 spiro atoms. The molecule has 0 fully saturated rings. The Kier molecular flexibility index (Phi) is 4.62. The molecule has 0 aliphatic carbocycles. The Balaban J connectivity index is 3.03. The van der Waals surface area contributed by atoms with Crippen LogP contribution in [0.1, 0.15) is 22.3 Å². The summed E-state index contributed by atoms with van der Waals surface area (Å²) in [7, 11) is -3.86. The van der Waals surface area contributed by atoms with Crippen molar-refractivity contribution in [2.24, 2.45) is 5.73 Å². The molecule has 1 amide bonds. The second kappa shape index (κ2) is 5.81. The molecule has 0 radical (unpaired) electrons. The number of hydrogen-bond donors (Lipinski definition) is 3. The van der Waals surface area contributed by atoms with Gasteiger partial charge >= 0.3 is 5.97 Å². The average Bonchev–Trinajstić information content (AvgIpc) is 2.28. The van der Waals surface area contributed by atoms with E-state index in [2.05, 4.69) is 4.72 Å². The molecule has 1 aromatic carbocycles. The van der Waals surface area contributed by atoms with Crippen molar-refractivity contribution in [1.82, 2.24) is 4.72 Å². The predicted molar refractivity (Wildman–Crippen MR) is 67.1 cm³/mol. The van der Waals surface area contributed by atoms with Gasteiger partial charge in [-0.15, -0.1) is 0 Å². The van der Waals surface area contributed by atoms with Crippen molar-refractivity contribution in [3.8, 4) is 0 Å². The number of nitrogens with one attached hydrogen (secondary N) is 1. The molecule has 0 unspecified atom stereocenters. The van der Waals surface area contributed by atoms with Crippen molar-refractivity contribution < 1.29 is 23.1 Å². The van der Waals surface area contributed by atoms with Crippen molar-refractivity contribution in [1.29, 1.82) is 0 Å². The van der Waals surface area contributed by atoms with Gasteiger partial charge in [-0.05, 0) is 24.6 Å². The number of rotatable bonds is 6. The van der Waals surface area contributed by atoms with Crippen LogP contribution in [0.5, 0.6) is 0 Å². The monoisotopic (exact) mass is 286 g/mol. The van der Waals surface area contributed by atoms with Crippen LogP contribution in [0.3, 0.4) is 0 Å². The van der Waals surface area contributed by atoms with Gasteiger partial charge in [0, 0.05) is 13.0 Å². The molecule has 1 aromatic rings. The number of benzene rings is 1. The number of aromatic carboxylic acids is 1. The van der Waals surface area contributed by atoms with Gasteiger partial charge in [-0.3, -0.25) is 4.79 Å². The van der Waals surface area contributed by atoms with Gasteiger partial charge in [0.2, 0.25) is 15.9 Å². The van der Waals surface area contributed by atoms with E-state index in [-0.39, 0.29) is 23.4 Å². The fourth-order valence-corrected chi connectivity index (χ4v) is 2.71. The smallest absolute Gasteiger partial charge is 0.335 e. The Morgan fingerprint density at radius 3 is 2.53 bits per heavy atom. The van der Waals surface area contributed by atoms with Crippen LogP contribution >= 0.6 is 0 Å². The first-order valence-electron chi connectivity index (χ1n) is 5.36. The lowest BCUT2D eigenvalue weighted by Crippen LogP contribution is -2.28. The molecule has 0 heterocycles. The average molecular weight is 286 g/mol. The maximum Gasteiger partial charge on any atom is 0.335 e. The molecule has 1 rings (SSSR count). The third-order valence-electron chi connectivity index (χ3n) is 2.39. The summed E-state index contributed by atoms with van der Waals surface area (Å²) in [5.74, 6) is -1.84. The maximum atomic E-state index is 12.0. The van der Waals surface area contributed by atoms with Crippen LogP contribution in [-0.4, -0.2) is 31.9 Å². The number of sulfonamides is 1. The Morgan fingerprint density at radius 2 is 2.00 bits per heavy atom.